The van der Waals surface area contributed by atoms with E-state index in [2.05, 4.69) is 0 Å². The van der Waals surface area contributed by atoms with Gasteiger partial charge in [0.2, 0.25) is 34.7 Å². The molecule has 0 N–H and O–H groups in total. The summed E-state index contributed by atoms with van der Waals surface area (Å²) >= 11 is 0. The first kappa shape index (κ1) is 40.1. The van der Waals surface area contributed by atoms with Gasteiger partial charge in [-0.25, -0.2) is 14.4 Å². The second kappa shape index (κ2) is 12.2. The zero-order chi connectivity index (χ0) is 44.3. The van der Waals surface area contributed by atoms with Crippen LogP contribution in [-0.4, -0.2) is 74.0 Å². The van der Waals surface area contributed by atoms with Crippen molar-refractivity contribution in [2.45, 2.75) is 118 Å². The quantitative estimate of drug-likeness (QED) is 0.138. The number of rotatable bonds is 6. The second-order valence-electron chi connectivity index (χ2n) is 17.7. The van der Waals surface area contributed by atoms with Crippen LogP contribution < -0.4 is 56.8 Å². The zero-order valence-corrected chi connectivity index (χ0v) is 36.3. The second-order valence-corrected chi connectivity index (χ2v) is 17.7. The lowest BCUT2D eigenvalue weighted by Crippen LogP contribution is -2.32. The summed E-state index contributed by atoms with van der Waals surface area (Å²) in [5.74, 6) is -11.3. The molecule has 18 heteroatoms. The Kier molecular flexibility index (Phi) is 7.99. The van der Waals surface area contributed by atoms with E-state index < -0.39 is 52.6 Å². The molecule has 0 saturated heterocycles. The summed E-state index contributed by atoms with van der Waals surface area (Å²) in [6.45, 7) is 19.8. The lowest BCUT2D eigenvalue weighted by Gasteiger charge is -2.28. The molecule has 0 spiro atoms. The highest BCUT2D eigenvalue weighted by Gasteiger charge is 2.58. The maximum absolute atomic E-state index is 13.8. The van der Waals surface area contributed by atoms with Gasteiger partial charge in [0, 0.05) is 83.1 Å². The van der Waals surface area contributed by atoms with E-state index in [-0.39, 0.29) is 108 Å². The lowest BCUT2D eigenvalue weighted by molar-refractivity contribution is -0.0497. The van der Waals surface area contributed by atoms with Crippen LogP contribution >= 0.6 is 0 Å². The first-order chi connectivity index (χ1) is 28.2. The topological polar surface area (TPSA) is 190 Å². The first-order valence-corrected chi connectivity index (χ1v) is 19.3. The van der Waals surface area contributed by atoms with Crippen molar-refractivity contribution in [2.24, 2.45) is 0 Å². The standard InChI is InChI=1S/C43H45O18/c1-38(2)50-23-17(24-30(57-39(3,4)51-24)20(29(23)56-38)35(44)47-13)16(18-25-31(58-40(5,6)52-25)21(36(45)48-14)32-26(18)53-41(7,8)59-32)19-27-33(60-42(9,10)54-27)22(37(46)49-15)34-28(19)55-43(11,12)61-34/h1-15H3. The van der Waals surface area contributed by atoms with E-state index in [4.69, 9.17) is 71.1 Å². The highest BCUT2D eigenvalue weighted by atomic mass is 16.8. The van der Waals surface area contributed by atoms with Crippen LogP contribution in [-0.2, 0) is 14.2 Å². The maximum Gasteiger partial charge on any atom is 0.345 e. The molecular formula is C43H45O18. The zero-order valence-electron chi connectivity index (χ0n) is 36.3. The van der Waals surface area contributed by atoms with Gasteiger partial charge in [-0.05, 0) is 0 Å². The summed E-state index contributed by atoms with van der Waals surface area (Å²) in [7, 11) is 3.65. The van der Waals surface area contributed by atoms with E-state index in [0.29, 0.717) is 0 Å². The van der Waals surface area contributed by atoms with Crippen molar-refractivity contribution < 1.29 is 85.4 Å². The van der Waals surface area contributed by atoms with Crippen LogP contribution in [0.1, 0.15) is 131 Å². The normalized spacial score (nSPS) is 20.5. The Labute approximate surface area is 350 Å². The van der Waals surface area contributed by atoms with Crippen molar-refractivity contribution in [1.82, 2.24) is 0 Å². The molecule has 0 unspecified atom stereocenters. The molecule has 3 aromatic rings. The van der Waals surface area contributed by atoms with Gasteiger partial charge in [-0.3, -0.25) is 0 Å². The van der Waals surface area contributed by atoms with Gasteiger partial charge in [-0.1, -0.05) is 0 Å². The fourth-order valence-electron chi connectivity index (χ4n) is 8.14. The van der Waals surface area contributed by atoms with Crippen LogP contribution in [0.2, 0.25) is 0 Å². The number of hydrogen-bond acceptors (Lipinski definition) is 18. The molecule has 3 aromatic carbocycles. The van der Waals surface area contributed by atoms with Crippen molar-refractivity contribution in [3.8, 4) is 69.0 Å². The molecule has 0 aliphatic carbocycles. The third-order valence-corrected chi connectivity index (χ3v) is 10.1. The average molecular weight is 850 g/mol. The monoisotopic (exact) mass is 849 g/mol. The molecule has 6 heterocycles. The summed E-state index contributed by atoms with van der Waals surface area (Å²) in [4.78, 5) is 41.4. The summed E-state index contributed by atoms with van der Waals surface area (Å²) in [6, 6.07) is 0. The molecule has 0 atom stereocenters. The molecule has 0 aromatic heterocycles. The molecule has 1 radical (unpaired) electrons. The van der Waals surface area contributed by atoms with Gasteiger partial charge in [0.05, 0.1) is 43.9 Å². The molecule has 0 fully saturated rings. The van der Waals surface area contributed by atoms with Gasteiger partial charge in [-0.2, -0.15) is 0 Å². The molecule has 9 rings (SSSR count). The number of fused-ring (bicyclic) bond motifs is 6. The molecular weight excluding hydrogens is 804 g/mol. The van der Waals surface area contributed by atoms with Gasteiger partial charge in [0.25, 0.3) is 0 Å². The van der Waals surface area contributed by atoms with Crippen molar-refractivity contribution in [1.29, 1.82) is 0 Å². The molecule has 6 aliphatic rings. The molecule has 61 heavy (non-hydrogen) atoms. The predicted octanol–water partition coefficient (Wildman–Crippen LogP) is 7.11. The molecule has 325 valence electrons. The number of benzene rings is 3. The number of carbonyl (C=O) groups excluding carboxylic acids is 3. The predicted molar refractivity (Wildman–Crippen MR) is 206 cm³/mol. The van der Waals surface area contributed by atoms with E-state index in [1.54, 1.807) is 83.1 Å². The van der Waals surface area contributed by atoms with Crippen molar-refractivity contribution >= 4 is 17.9 Å². The van der Waals surface area contributed by atoms with Gasteiger partial charge in [0.15, 0.2) is 85.7 Å². The summed E-state index contributed by atoms with van der Waals surface area (Å²) in [5, 5.41) is 0. The Bertz CT molecular complexity index is 2110. The molecule has 18 nitrogen and oxygen atoms in total. The van der Waals surface area contributed by atoms with Crippen molar-refractivity contribution in [3.05, 3.63) is 39.3 Å². The van der Waals surface area contributed by atoms with Gasteiger partial charge in [0.1, 0.15) is 0 Å². The number of ether oxygens (including phenoxy) is 15. The number of carbonyl (C=O) groups is 3. The van der Waals surface area contributed by atoms with Crippen LogP contribution in [0.15, 0.2) is 0 Å². The average Bonchev–Trinajstić information content (AvgIpc) is 3.95. The summed E-state index contributed by atoms with van der Waals surface area (Å²) in [6.07, 6.45) is 0. The Morgan fingerprint density at radius 2 is 0.410 bits per heavy atom. The van der Waals surface area contributed by atoms with E-state index >= 15 is 0 Å². The minimum absolute atomic E-state index is 0.0211. The Morgan fingerprint density at radius 1 is 0.279 bits per heavy atom. The minimum atomic E-state index is -1.40. The van der Waals surface area contributed by atoms with Crippen LogP contribution in [0.3, 0.4) is 0 Å². The molecule has 6 aliphatic heterocycles. The number of hydrogen-bond donors (Lipinski definition) is 0. The smallest absolute Gasteiger partial charge is 0.345 e. The van der Waals surface area contributed by atoms with Crippen molar-refractivity contribution in [3.63, 3.8) is 0 Å². The fourth-order valence-corrected chi connectivity index (χ4v) is 8.14. The Morgan fingerprint density at radius 3 is 0.541 bits per heavy atom. The van der Waals surface area contributed by atoms with E-state index in [1.165, 1.54) is 21.3 Å². The van der Waals surface area contributed by atoms with Crippen LogP contribution in [0.4, 0.5) is 0 Å². The third-order valence-electron chi connectivity index (χ3n) is 10.1. The maximum atomic E-state index is 13.8. The minimum Gasteiger partial charge on any atom is -0.465 e. The van der Waals surface area contributed by atoms with E-state index in [1.807, 2.05) is 0 Å². The summed E-state index contributed by atoms with van der Waals surface area (Å²) in [5.41, 5.74) is -0.111. The van der Waals surface area contributed by atoms with Crippen LogP contribution in [0.25, 0.3) is 0 Å². The number of methoxy groups -OCH3 is 3. The van der Waals surface area contributed by atoms with E-state index in [0.717, 1.165) is 0 Å². The highest BCUT2D eigenvalue weighted by Crippen LogP contribution is 2.70. The van der Waals surface area contributed by atoms with Crippen LogP contribution in [0.5, 0.6) is 69.0 Å². The van der Waals surface area contributed by atoms with Gasteiger partial charge in [-0.15, -0.1) is 0 Å². The van der Waals surface area contributed by atoms with Crippen molar-refractivity contribution in [2.75, 3.05) is 21.3 Å². The van der Waals surface area contributed by atoms with Crippen LogP contribution in [0, 0.1) is 5.92 Å². The van der Waals surface area contributed by atoms with Gasteiger partial charge < -0.3 is 71.1 Å². The SMILES string of the molecule is COC(=O)c1c2c(c([C](c3c4c(c(C(=O)OC)c5c3OC(C)(C)O5)OC(C)(C)O4)c3c4c(c(C(=O)OC)c5c3OC(C)(C)O5)OC(C)(C)O4)c3c1OC(C)(C)O3)OC(C)(C)O2. The molecule has 0 saturated carbocycles. The first-order valence-electron chi connectivity index (χ1n) is 19.3. The highest BCUT2D eigenvalue weighted by molar-refractivity contribution is 6.04. The Hall–Kier alpha value is -6.33. The van der Waals surface area contributed by atoms with E-state index in [9.17, 15) is 14.4 Å². The molecule has 0 amide bonds. The Balaban J connectivity index is 1.53. The van der Waals surface area contributed by atoms with Gasteiger partial charge >= 0.3 is 17.9 Å². The lowest BCUT2D eigenvalue weighted by atomic mass is 9.79. The molecule has 0 bridgehead atoms. The largest absolute Gasteiger partial charge is 0.465 e. The summed E-state index contributed by atoms with van der Waals surface area (Å²) < 4.78 is 94.3. The number of esters is 3. The fraction of sp³-hybridized carbons (Fsp3) is 0.488. The third kappa shape index (κ3) is 5.91.